The van der Waals surface area contributed by atoms with E-state index in [9.17, 15) is 4.79 Å². The third-order valence-electron chi connectivity index (χ3n) is 5.37. The van der Waals surface area contributed by atoms with Gasteiger partial charge < -0.3 is 5.73 Å². The molecule has 0 saturated heterocycles. The van der Waals surface area contributed by atoms with Gasteiger partial charge in [-0.3, -0.25) is 14.8 Å². The molecule has 0 aliphatic rings. The summed E-state index contributed by atoms with van der Waals surface area (Å²) < 4.78 is 0. The molecular formula is C31H38KN3O. The van der Waals surface area contributed by atoms with E-state index in [0.717, 1.165) is 28.8 Å². The molecular weight excluding hydrogens is 469 g/mol. The van der Waals surface area contributed by atoms with E-state index in [2.05, 4.69) is 49.8 Å². The first-order valence-corrected chi connectivity index (χ1v) is 11.3. The maximum absolute atomic E-state index is 10.0. The summed E-state index contributed by atoms with van der Waals surface area (Å²) in [5.41, 5.74) is 10.2. The van der Waals surface area contributed by atoms with Gasteiger partial charge in [0.15, 0.2) is 0 Å². The molecule has 0 radical (unpaired) electrons. The van der Waals surface area contributed by atoms with Gasteiger partial charge in [0, 0.05) is 35.1 Å². The minimum absolute atomic E-state index is 0. The SMILES string of the molecule is C.CC(C)(c1ccccn1)C(N)c1ccccc1.C[C-](C)c1ccccn1.O=Cc1ccccc1.[K+]. The van der Waals surface area contributed by atoms with Gasteiger partial charge in [-0.15, -0.1) is 19.9 Å². The van der Waals surface area contributed by atoms with Gasteiger partial charge >= 0.3 is 51.4 Å². The van der Waals surface area contributed by atoms with E-state index >= 15 is 0 Å². The summed E-state index contributed by atoms with van der Waals surface area (Å²) in [6.07, 6.45) is 4.46. The van der Waals surface area contributed by atoms with E-state index in [-0.39, 0.29) is 70.3 Å². The Morgan fingerprint density at radius 2 is 1.28 bits per heavy atom. The molecule has 4 rings (SSSR count). The van der Waals surface area contributed by atoms with Crippen LogP contribution in [0.25, 0.3) is 0 Å². The molecule has 0 saturated carbocycles. The molecule has 2 aromatic heterocycles. The number of carbonyl (C=O) groups is 1. The first kappa shape index (κ1) is 33.9. The molecule has 0 spiro atoms. The molecule has 36 heavy (non-hydrogen) atoms. The zero-order chi connectivity index (χ0) is 24.8. The van der Waals surface area contributed by atoms with Crippen molar-refractivity contribution >= 4 is 6.29 Å². The zero-order valence-corrected chi connectivity index (χ0v) is 24.6. The van der Waals surface area contributed by atoms with E-state index < -0.39 is 0 Å². The van der Waals surface area contributed by atoms with Crippen molar-refractivity contribution in [2.24, 2.45) is 5.73 Å². The summed E-state index contributed by atoms with van der Waals surface area (Å²) in [5.74, 6) is 1.26. The summed E-state index contributed by atoms with van der Waals surface area (Å²) in [7, 11) is 0. The van der Waals surface area contributed by atoms with Gasteiger partial charge in [0.25, 0.3) is 0 Å². The smallest absolute Gasteiger partial charge is 0.323 e. The van der Waals surface area contributed by atoms with Crippen LogP contribution in [0.1, 0.15) is 68.5 Å². The third-order valence-corrected chi connectivity index (χ3v) is 5.37. The number of rotatable bonds is 5. The molecule has 4 nitrogen and oxygen atoms in total. The van der Waals surface area contributed by atoms with Crippen molar-refractivity contribution in [2.45, 2.75) is 46.6 Å². The van der Waals surface area contributed by atoms with Gasteiger partial charge in [-0.25, -0.2) is 0 Å². The zero-order valence-electron chi connectivity index (χ0n) is 21.4. The van der Waals surface area contributed by atoms with Crippen LogP contribution in [0, 0.1) is 5.92 Å². The Bertz CT molecular complexity index is 1070. The Hall–Kier alpha value is -2.12. The fraction of sp³-hybridized carbons (Fsp3) is 0.226. The van der Waals surface area contributed by atoms with Crippen molar-refractivity contribution in [2.75, 3.05) is 0 Å². The fourth-order valence-corrected chi connectivity index (χ4v) is 3.17. The monoisotopic (exact) mass is 507 g/mol. The maximum atomic E-state index is 10.0. The molecule has 5 heteroatoms. The van der Waals surface area contributed by atoms with Crippen LogP contribution in [0.3, 0.4) is 0 Å². The van der Waals surface area contributed by atoms with E-state index in [0.29, 0.717) is 0 Å². The molecule has 184 valence electrons. The Balaban J connectivity index is 0.000000548. The first-order valence-electron chi connectivity index (χ1n) is 11.3. The number of nitrogens with zero attached hydrogens (tertiary/aromatic N) is 2. The van der Waals surface area contributed by atoms with Gasteiger partial charge in [0.2, 0.25) is 0 Å². The van der Waals surface area contributed by atoms with Gasteiger partial charge in [0.05, 0.1) is 0 Å². The second kappa shape index (κ2) is 18.2. The molecule has 2 aromatic carbocycles. The molecule has 0 amide bonds. The molecule has 0 fully saturated rings. The van der Waals surface area contributed by atoms with E-state index in [1.54, 1.807) is 12.1 Å². The maximum Gasteiger partial charge on any atom is 1.00 e. The summed E-state index contributed by atoms with van der Waals surface area (Å²) in [6.45, 7) is 8.38. The number of hydrogen-bond acceptors (Lipinski definition) is 4. The largest absolute Gasteiger partial charge is 1.00 e. The Morgan fingerprint density at radius 3 is 1.67 bits per heavy atom. The quantitative estimate of drug-likeness (QED) is 0.249. The second-order valence-corrected chi connectivity index (χ2v) is 8.57. The molecule has 0 aliphatic carbocycles. The predicted molar refractivity (Wildman–Crippen MR) is 147 cm³/mol. The Kier molecular flexibility index (Phi) is 17.1. The van der Waals surface area contributed by atoms with Crippen molar-refractivity contribution in [3.8, 4) is 0 Å². The van der Waals surface area contributed by atoms with Crippen LogP contribution in [0.4, 0.5) is 0 Å². The number of nitrogens with two attached hydrogens (primary N) is 1. The van der Waals surface area contributed by atoms with E-state index in [4.69, 9.17) is 5.73 Å². The number of hydrogen-bond donors (Lipinski definition) is 1. The summed E-state index contributed by atoms with van der Waals surface area (Å²) in [4.78, 5) is 18.6. The molecule has 4 aromatic rings. The summed E-state index contributed by atoms with van der Waals surface area (Å²) in [5, 5.41) is 0. The number of aromatic nitrogens is 2. The normalized spacial score (nSPS) is 10.5. The number of pyridine rings is 2. The van der Waals surface area contributed by atoms with Crippen LogP contribution in [0.5, 0.6) is 0 Å². The second-order valence-electron chi connectivity index (χ2n) is 8.57. The van der Waals surface area contributed by atoms with Crippen LogP contribution >= 0.6 is 0 Å². The fourth-order valence-electron chi connectivity index (χ4n) is 3.17. The molecule has 2 heterocycles. The molecule has 2 N–H and O–H groups in total. The van der Waals surface area contributed by atoms with Crippen LogP contribution in [0.15, 0.2) is 109 Å². The number of aldehydes is 1. The average Bonchev–Trinajstić information content (AvgIpc) is 2.91. The van der Waals surface area contributed by atoms with Crippen LogP contribution < -0.4 is 57.1 Å². The molecule has 1 atom stereocenters. The number of benzene rings is 2. The van der Waals surface area contributed by atoms with Gasteiger partial charge in [-0.2, -0.15) is 12.0 Å². The van der Waals surface area contributed by atoms with Crippen LogP contribution in [-0.4, -0.2) is 16.3 Å². The van der Waals surface area contributed by atoms with Crippen molar-refractivity contribution in [3.05, 3.63) is 138 Å². The summed E-state index contributed by atoms with van der Waals surface area (Å²) in [6, 6.07) is 31.1. The van der Waals surface area contributed by atoms with E-state index in [1.165, 1.54) is 5.92 Å². The predicted octanol–water partition coefficient (Wildman–Crippen LogP) is 4.24. The molecule has 0 bridgehead atoms. The standard InChI is InChI=1S/C15H18N2.C8H10N.C7H6O.CH4.K/c1-15(2,13-10-6-7-11-17-13)14(16)12-8-4-3-5-9-12;1-7(2)8-5-3-4-6-9-8;8-6-7-4-2-1-3-5-7;;/h3-11,14H,16H2,1-2H3;3-6H,1-2H3;1-6H;1H4;/q;-1;;;+1. The van der Waals surface area contributed by atoms with Gasteiger partial charge in [-0.1, -0.05) is 99.8 Å². The van der Waals surface area contributed by atoms with Crippen molar-refractivity contribution < 1.29 is 56.2 Å². The van der Waals surface area contributed by atoms with Crippen LogP contribution in [0.2, 0.25) is 0 Å². The Morgan fingerprint density at radius 1 is 0.778 bits per heavy atom. The molecule has 1 unspecified atom stereocenters. The van der Waals surface area contributed by atoms with Crippen molar-refractivity contribution in [3.63, 3.8) is 0 Å². The van der Waals surface area contributed by atoms with Crippen LogP contribution in [-0.2, 0) is 5.41 Å². The average molecular weight is 508 g/mol. The van der Waals surface area contributed by atoms with E-state index in [1.807, 2.05) is 85.2 Å². The minimum atomic E-state index is -0.178. The first-order chi connectivity index (χ1) is 16.4. The minimum Gasteiger partial charge on any atom is -0.323 e. The Labute approximate surface area is 260 Å². The number of carbonyl (C=O) groups excluding carboxylic acids is 1. The van der Waals surface area contributed by atoms with Crippen molar-refractivity contribution in [1.82, 2.24) is 9.97 Å². The van der Waals surface area contributed by atoms with Gasteiger partial charge in [0.1, 0.15) is 6.29 Å². The van der Waals surface area contributed by atoms with Crippen molar-refractivity contribution in [1.29, 1.82) is 0 Å². The third kappa shape index (κ3) is 11.3. The summed E-state index contributed by atoms with van der Waals surface area (Å²) >= 11 is 0. The van der Waals surface area contributed by atoms with Gasteiger partial charge in [-0.05, 0) is 17.7 Å². The molecule has 0 aliphatic heterocycles. The topological polar surface area (TPSA) is 68.9 Å².